The van der Waals surface area contributed by atoms with E-state index in [4.69, 9.17) is 16.3 Å². The third-order valence-electron chi connectivity index (χ3n) is 3.07. The van der Waals surface area contributed by atoms with Crippen LogP contribution in [0.15, 0.2) is 42.7 Å². The average molecular weight is 288 g/mol. The summed E-state index contributed by atoms with van der Waals surface area (Å²) >= 11 is 6.10. The van der Waals surface area contributed by atoms with E-state index in [0.29, 0.717) is 12.5 Å². The highest BCUT2D eigenvalue weighted by Crippen LogP contribution is 2.33. The van der Waals surface area contributed by atoms with Crippen molar-refractivity contribution in [1.82, 2.24) is 14.6 Å². The van der Waals surface area contributed by atoms with Gasteiger partial charge in [0, 0.05) is 23.5 Å². The van der Waals surface area contributed by atoms with Gasteiger partial charge in [-0.15, -0.1) is 11.6 Å². The van der Waals surface area contributed by atoms with Crippen LogP contribution in [0.3, 0.4) is 0 Å². The summed E-state index contributed by atoms with van der Waals surface area (Å²) in [6.07, 6.45) is 3.61. The second-order valence-corrected chi connectivity index (χ2v) is 4.55. The molecule has 0 saturated carbocycles. The van der Waals surface area contributed by atoms with Crippen molar-refractivity contribution in [2.75, 3.05) is 6.61 Å². The van der Waals surface area contributed by atoms with E-state index in [1.165, 1.54) is 0 Å². The molecule has 2 aromatic heterocycles. The smallest absolute Gasteiger partial charge is 0.159 e. The minimum absolute atomic E-state index is 0.357. The van der Waals surface area contributed by atoms with Crippen LogP contribution in [0, 0.1) is 0 Å². The van der Waals surface area contributed by atoms with Gasteiger partial charge in [-0.25, -0.2) is 9.50 Å². The average Bonchev–Trinajstić information content (AvgIpc) is 2.86. The Bertz CT molecular complexity index is 739. The molecule has 4 nitrogen and oxygen atoms in total. The van der Waals surface area contributed by atoms with E-state index in [-0.39, 0.29) is 0 Å². The first-order valence-corrected chi connectivity index (χ1v) is 6.99. The van der Waals surface area contributed by atoms with Gasteiger partial charge in [-0.1, -0.05) is 12.1 Å². The van der Waals surface area contributed by atoms with Gasteiger partial charge in [0.05, 0.1) is 12.5 Å². The fourth-order valence-corrected chi connectivity index (χ4v) is 2.46. The fourth-order valence-electron chi connectivity index (χ4n) is 2.22. The molecule has 2 heterocycles. The second kappa shape index (κ2) is 5.51. The van der Waals surface area contributed by atoms with Crippen molar-refractivity contribution in [2.45, 2.75) is 12.8 Å². The molecule has 0 radical (unpaired) electrons. The predicted molar refractivity (Wildman–Crippen MR) is 79.1 cm³/mol. The lowest BCUT2D eigenvalue weighted by Crippen LogP contribution is -1.95. The molecule has 3 rings (SSSR count). The summed E-state index contributed by atoms with van der Waals surface area (Å²) in [7, 11) is 0. The zero-order valence-electron chi connectivity index (χ0n) is 11.1. The number of aromatic nitrogens is 3. The van der Waals surface area contributed by atoms with Crippen molar-refractivity contribution in [3.8, 4) is 17.0 Å². The molecule has 0 bridgehead atoms. The van der Waals surface area contributed by atoms with Crippen molar-refractivity contribution in [3.63, 3.8) is 0 Å². The summed E-state index contributed by atoms with van der Waals surface area (Å²) in [5.74, 6) is 1.17. The summed E-state index contributed by atoms with van der Waals surface area (Å²) in [4.78, 5) is 4.35. The maximum Gasteiger partial charge on any atom is 0.159 e. The molecule has 0 spiro atoms. The van der Waals surface area contributed by atoms with Crippen LogP contribution < -0.4 is 4.74 Å². The van der Waals surface area contributed by atoms with Gasteiger partial charge in [0.25, 0.3) is 0 Å². The third-order valence-corrected chi connectivity index (χ3v) is 3.33. The largest absolute Gasteiger partial charge is 0.493 e. The number of nitrogens with zero attached hydrogens (tertiary/aromatic N) is 3. The first kappa shape index (κ1) is 12.9. The molecule has 1 aromatic carbocycles. The molecule has 0 fully saturated rings. The predicted octanol–water partition coefficient (Wildman–Crippen LogP) is 3.53. The molecule has 20 heavy (non-hydrogen) atoms. The monoisotopic (exact) mass is 287 g/mol. The Labute approximate surface area is 122 Å². The number of ether oxygens (including phenoxy) is 1. The van der Waals surface area contributed by atoms with Crippen LogP contribution in [0.4, 0.5) is 0 Å². The molecule has 0 atom stereocenters. The van der Waals surface area contributed by atoms with Crippen molar-refractivity contribution in [1.29, 1.82) is 0 Å². The lowest BCUT2D eigenvalue weighted by Gasteiger charge is -2.08. The highest BCUT2D eigenvalue weighted by molar-refractivity contribution is 6.18. The van der Waals surface area contributed by atoms with E-state index in [0.717, 1.165) is 28.2 Å². The Morgan fingerprint density at radius 2 is 2.10 bits per heavy atom. The minimum Gasteiger partial charge on any atom is -0.493 e. The maximum atomic E-state index is 6.10. The van der Waals surface area contributed by atoms with Crippen LogP contribution in [0.25, 0.3) is 16.9 Å². The Morgan fingerprint density at radius 3 is 2.90 bits per heavy atom. The van der Waals surface area contributed by atoms with Crippen molar-refractivity contribution < 1.29 is 4.74 Å². The molecule has 0 unspecified atom stereocenters. The van der Waals surface area contributed by atoms with Gasteiger partial charge in [-0.3, -0.25) is 0 Å². The normalized spacial score (nSPS) is 10.9. The van der Waals surface area contributed by atoms with Gasteiger partial charge in [-0.2, -0.15) is 5.10 Å². The molecular weight excluding hydrogens is 274 g/mol. The van der Waals surface area contributed by atoms with Crippen molar-refractivity contribution in [2.24, 2.45) is 0 Å². The molecular formula is C15H14ClN3O. The highest BCUT2D eigenvalue weighted by atomic mass is 35.5. The summed E-state index contributed by atoms with van der Waals surface area (Å²) in [6.45, 7) is 2.57. The van der Waals surface area contributed by atoms with E-state index in [1.807, 2.05) is 43.5 Å². The van der Waals surface area contributed by atoms with Gasteiger partial charge < -0.3 is 4.74 Å². The number of rotatable bonds is 4. The third kappa shape index (κ3) is 2.12. The molecule has 0 amide bonds. The zero-order chi connectivity index (χ0) is 13.9. The van der Waals surface area contributed by atoms with Crippen LogP contribution >= 0.6 is 11.6 Å². The van der Waals surface area contributed by atoms with E-state index < -0.39 is 0 Å². The van der Waals surface area contributed by atoms with Crippen molar-refractivity contribution in [3.05, 3.63) is 48.3 Å². The van der Waals surface area contributed by atoms with Gasteiger partial charge in [0.2, 0.25) is 0 Å². The molecule has 0 aliphatic rings. The first-order valence-electron chi connectivity index (χ1n) is 6.45. The van der Waals surface area contributed by atoms with E-state index in [2.05, 4.69) is 10.1 Å². The molecule has 0 aliphatic carbocycles. The number of fused-ring (bicyclic) bond motifs is 1. The van der Waals surface area contributed by atoms with Gasteiger partial charge >= 0.3 is 0 Å². The Kier molecular flexibility index (Phi) is 3.56. The van der Waals surface area contributed by atoms with Gasteiger partial charge in [-0.05, 0) is 25.1 Å². The number of benzene rings is 1. The van der Waals surface area contributed by atoms with E-state index in [9.17, 15) is 0 Å². The Balaban J connectivity index is 2.24. The summed E-state index contributed by atoms with van der Waals surface area (Å²) in [6, 6.07) is 9.68. The SMILES string of the molecule is CCOc1ccccc1-c1nn2cccnc2c1CCl. The standard InChI is InChI=1S/C15H14ClN3O/c1-2-20-13-7-4-3-6-11(13)14-12(10-16)15-17-8-5-9-19(15)18-14/h3-9H,2,10H2,1H3. The molecule has 0 N–H and O–H groups in total. The maximum absolute atomic E-state index is 6.10. The number of hydrogen-bond donors (Lipinski definition) is 0. The number of halogens is 1. The van der Waals surface area contributed by atoms with Crippen LogP contribution in [-0.2, 0) is 5.88 Å². The van der Waals surface area contributed by atoms with Crippen LogP contribution in [-0.4, -0.2) is 21.2 Å². The molecule has 0 saturated heterocycles. The molecule has 0 aliphatic heterocycles. The van der Waals surface area contributed by atoms with E-state index in [1.54, 1.807) is 10.7 Å². The van der Waals surface area contributed by atoms with E-state index >= 15 is 0 Å². The summed E-state index contributed by atoms with van der Waals surface area (Å²) in [5, 5.41) is 4.59. The highest BCUT2D eigenvalue weighted by Gasteiger charge is 2.17. The van der Waals surface area contributed by atoms with Gasteiger partial charge in [0.15, 0.2) is 5.65 Å². The summed E-state index contributed by atoms with van der Waals surface area (Å²) in [5.41, 5.74) is 3.46. The quantitative estimate of drug-likeness (QED) is 0.689. The van der Waals surface area contributed by atoms with Gasteiger partial charge in [0.1, 0.15) is 11.4 Å². The second-order valence-electron chi connectivity index (χ2n) is 4.28. The summed E-state index contributed by atoms with van der Waals surface area (Å²) < 4.78 is 7.42. The van der Waals surface area contributed by atoms with Crippen LogP contribution in [0.2, 0.25) is 0 Å². The fraction of sp³-hybridized carbons (Fsp3) is 0.200. The molecule has 102 valence electrons. The Hall–Kier alpha value is -2.07. The first-order chi connectivity index (χ1) is 9.85. The lowest BCUT2D eigenvalue weighted by atomic mass is 10.1. The lowest BCUT2D eigenvalue weighted by molar-refractivity contribution is 0.341. The van der Waals surface area contributed by atoms with Crippen molar-refractivity contribution >= 4 is 17.2 Å². The zero-order valence-corrected chi connectivity index (χ0v) is 11.8. The Morgan fingerprint density at radius 1 is 1.25 bits per heavy atom. The number of alkyl halides is 1. The number of hydrogen-bond acceptors (Lipinski definition) is 3. The number of para-hydroxylation sites is 1. The van der Waals surface area contributed by atoms with Crippen LogP contribution in [0.1, 0.15) is 12.5 Å². The molecule has 5 heteroatoms. The minimum atomic E-state index is 0.357. The van der Waals surface area contributed by atoms with Crippen LogP contribution in [0.5, 0.6) is 5.75 Å². The molecule has 3 aromatic rings. The topological polar surface area (TPSA) is 39.4 Å².